The van der Waals surface area contributed by atoms with Crippen LogP contribution < -0.4 is 0 Å². The average Bonchev–Trinajstić information content (AvgIpc) is 2.90. The molecule has 1 heterocycles. The Morgan fingerprint density at radius 1 is 1.04 bits per heavy atom. The lowest BCUT2D eigenvalue weighted by Crippen LogP contribution is -2.46. The van der Waals surface area contributed by atoms with Crippen LogP contribution in [0, 0.1) is 5.92 Å². The fourth-order valence-corrected chi connectivity index (χ4v) is 4.70. The van der Waals surface area contributed by atoms with Crippen molar-refractivity contribution in [2.24, 2.45) is 5.92 Å². The molecule has 1 unspecified atom stereocenters. The van der Waals surface area contributed by atoms with E-state index in [2.05, 4.69) is 55.5 Å². The first-order valence-corrected chi connectivity index (χ1v) is 8.69. The van der Waals surface area contributed by atoms with Crippen LogP contribution >= 0.6 is 0 Å². The normalized spacial score (nSPS) is 21.1. The Labute approximate surface area is 143 Å². The number of amides is 1. The average molecular weight is 321 g/mol. The van der Waals surface area contributed by atoms with Crippen molar-refractivity contribution in [1.82, 2.24) is 4.90 Å². The van der Waals surface area contributed by atoms with Gasteiger partial charge in [-0.25, -0.2) is 4.79 Å². The Balaban J connectivity index is 2.03. The molecule has 0 N–H and O–H groups in total. The molecular formula is C21H23NO2. The van der Waals surface area contributed by atoms with Gasteiger partial charge in [0.15, 0.2) is 0 Å². The van der Waals surface area contributed by atoms with E-state index in [0.717, 1.165) is 25.8 Å². The Kier molecular flexibility index (Phi) is 3.60. The zero-order valence-corrected chi connectivity index (χ0v) is 14.3. The van der Waals surface area contributed by atoms with Gasteiger partial charge in [-0.15, -0.1) is 0 Å². The lowest BCUT2D eigenvalue weighted by molar-refractivity contribution is 0.0980. The van der Waals surface area contributed by atoms with Crippen LogP contribution in [0.3, 0.4) is 0 Å². The topological polar surface area (TPSA) is 29.5 Å². The van der Waals surface area contributed by atoms with Gasteiger partial charge in [0.2, 0.25) is 0 Å². The molecule has 124 valence electrons. The van der Waals surface area contributed by atoms with Crippen LogP contribution in [-0.4, -0.2) is 24.6 Å². The van der Waals surface area contributed by atoms with E-state index in [1.165, 1.54) is 29.4 Å². The second-order valence-corrected chi connectivity index (χ2v) is 7.06. The third-order valence-electron chi connectivity index (χ3n) is 5.58. The van der Waals surface area contributed by atoms with Crippen molar-refractivity contribution in [2.45, 2.75) is 31.7 Å². The van der Waals surface area contributed by atoms with E-state index in [0.29, 0.717) is 5.92 Å². The molecule has 1 spiro atoms. The summed E-state index contributed by atoms with van der Waals surface area (Å²) < 4.78 is 5.17. The maximum Gasteiger partial charge on any atom is 0.410 e. The highest BCUT2D eigenvalue weighted by Gasteiger charge is 2.52. The summed E-state index contributed by atoms with van der Waals surface area (Å²) in [5.41, 5.74) is 4.82. The predicted octanol–water partition coefficient (Wildman–Crippen LogP) is 4.14. The summed E-state index contributed by atoms with van der Waals surface area (Å²) in [5, 5.41) is 0. The Bertz CT molecular complexity index is 735. The van der Waals surface area contributed by atoms with E-state index in [-0.39, 0.29) is 6.09 Å². The number of methoxy groups -OCH3 is 1. The summed E-state index contributed by atoms with van der Waals surface area (Å²) in [5.74, 6) is 0.434. The first-order chi connectivity index (χ1) is 11.7. The predicted molar refractivity (Wildman–Crippen MR) is 94.0 cm³/mol. The number of aryl methyl sites for hydroxylation is 2. The van der Waals surface area contributed by atoms with Crippen LogP contribution in [0.1, 0.15) is 35.6 Å². The molecule has 0 radical (unpaired) electrons. The second-order valence-electron chi connectivity index (χ2n) is 7.06. The van der Waals surface area contributed by atoms with Crippen molar-refractivity contribution in [2.75, 3.05) is 13.7 Å². The van der Waals surface area contributed by atoms with E-state index in [9.17, 15) is 4.79 Å². The molecule has 0 saturated carbocycles. The van der Waals surface area contributed by atoms with E-state index in [1.54, 1.807) is 0 Å². The first-order valence-electron chi connectivity index (χ1n) is 8.69. The molecule has 2 aromatic carbocycles. The maximum absolute atomic E-state index is 12.7. The molecule has 24 heavy (non-hydrogen) atoms. The maximum atomic E-state index is 12.7. The van der Waals surface area contributed by atoms with Gasteiger partial charge in [-0.1, -0.05) is 55.5 Å². The van der Waals surface area contributed by atoms with Crippen LogP contribution in [0.5, 0.6) is 0 Å². The van der Waals surface area contributed by atoms with Crippen LogP contribution in [0.2, 0.25) is 0 Å². The summed E-state index contributed by atoms with van der Waals surface area (Å²) in [6.07, 6.45) is 2.73. The lowest BCUT2D eigenvalue weighted by Gasteiger charge is -2.39. The minimum Gasteiger partial charge on any atom is -0.453 e. The number of carbonyl (C=O) groups excluding carboxylic acids is 1. The molecule has 4 rings (SSSR count). The van der Waals surface area contributed by atoms with Crippen LogP contribution in [0.15, 0.2) is 48.5 Å². The number of fused-ring (bicyclic) bond motifs is 4. The van der Waals surface area contributed by atoms with Crippen LogP contribution in [-0.2, 0) is 23.1 Å². The number of rotatable bonds is 0. The van der Waals surface area contributed by atoms with E-state index in [1.807, 2.05) is 4.90 Å². The molecule has 3 heteroatoms. The van der Waals surface area contributed by atoms with Gasteiger partial charge >= 0.3 is 6.09 Å². The van der Waals surface area contributed by atoms with E-state index < -0.39 is 5.54 Å². The third-order valence-corrected chi connectivity index (χ3v) is 5.58. The zero-order chi connectivity index (χ0) is 16.7. The third kappa shape index (κ3) is 2.07. The van der Waals surface area contributed by atoms with E-state index >= 15 is 0 Å². The Morgan fingerprint density at radius 3 is 2.12 bits per heavy atom. The SMILES string of the molecule is COC(=O)N1CC(C)CC12c1ccccc1CCc1ccccc12. The van der Waals surface area contributed by atoms with Gasteiger partial charge in [-0.3, -0.25) is 4.90 Å². The monoisotopic (exact) mass is 321 g/mol. The summed E-state index contributed by atoms with van der Waals surface area (Å²) >= 11 is 0. The molecule has 0 bridgehead atoms. The number of hydrogen-bond acceptors (Lipinski definition) is 2. The lowest BCUT2D eigenvalue weighted by atomic mass is 9.77. The summed E-state index contributed by atoms with van der Waals surface area (Å²) in [6.45, 7) is 2.95. The molecule has 1 saturated heterocycles. The van der Waals surface area contributed by atoms with Gasteiger partial charge in [0.1, 0.15) is 0 Å². The van der Waals surface area contributed by atoms with Gasteiger partial charge in [0, 0.05) is 6.54 Å². The molecule has 0 aromatic heterocycles. The molecule has 2 aromatic rings. The van der Waals surface area contributed by atoms with Crippen molar-refractivity contribution in [3.63, 3.8) is 0 Å². The molecular weight excluding hydrogens is 298 g/mol. The zero-order valence-electron chi connectivity index (χ0n) is 14.3. The molecule has 1 atom stereocenters. The summed E-state index contributed by atoms with van der Waals surface area (Å²) in [4.78, 5) is 14.6. The number of carbonyl (C=O) groups is 1. The quantitative estimate of drug-likeness (QED) is 0.730. The van der Waals surface area contributed by atoms with Gasteiger partial charge in [0.25, 0.3) is 0 Å². The first kappa shape index (κ1) is 15.3. The molecule has 1 aliphatic heterocycles. The van der Waals surface area contributed by atoms with E-state index in [4.69, 9.17) is 4.74 Å². The highest BCUT2D eigenvalue weighted by Crippen LogP contribution is 2.50. The highest BCUT2D eigenvalue weighted by molar-refractivity contribution is 5.72. The van der Waals surface area contributed by atoms with Crippen molar-refractivity contribution in [1.29, 1.82) is 0 Å². The summed E-state index contributed by atoms with van der Waals surface area (Å²) in [7, 11) is 1.48. The Morgan fingerprint density at radius 2 is 1.58 bits per heavy atom. The fourth-order valence-electron chi connectivity index (χ4n) is 4.70. The molecule has 1 fully saturated rings. The second kappa shape index (κ2) is 5.66. The number of benzene rings is 2. The number of ether oxygens (including phenoxy) is 1. The minimum absolute atomic E-state index is 0.231. The Hall–Kier alpha value is -2.29. The van der Waals surface area contributed by atoms with Crippen molar-refractivity contribution in [3.8, 4) is 0 Å². The van der Waals surface area contributed by atoms with Gasteiger partial charge < -0.3 is 4.74 Å². The largest absolute Gasteiger partial charge is 0.453 e. The van der Waals surface area contributed by atoms with Crippen LogP contribution in [0.25, 0.3) is 0 Å². The fraction of sp³-hybridized carbons (Fsp3) is 0.381. The van der Waals surface area contributed by atoms with Gasteiger partial charge in [0.05, 0.1) is 12.6 Å². The smallest absolute Gasteiger partial charge is 0.410 e. The molecule has 1 aliphatic carbocycles. The minimum atomic E-state index is -0.407. The molecule has 2 aliphatic rings. The molecule has 3 nitrogen and oxygen atoms in total. The van der Waals surface area contributed by atoms with Crippen LogP contribution in [0.4, 0.5) is 4.79 Å². The number of likely N-dealkylation sites (tertiary alicyclic amines) is 1. The number of hydrogen-bond donors (Lipinski definition) is 0. The standard InChI is InChI=1S/C21H23NO2/c1-15-13-21(22(14-15)20(23)24-2)18-9-5-3-7-16(18)11-12-17-8-4-6-10-19(17)21/h3-10,15H,11-14H2,1-2H3. The van der Waals surface area contributed by atoms with Crippen molar-refractivity contribution < 1.29 is 9.53 Å². The molecule has 1 amide bonds. The highest BCUT2D eigenvalue weighted by atomic mass is 16.5. The van der Waals surface area contributed by atoms with Gasteiger partial charge in [-0.2, -0.15) is 0 Å². The number of nitrogens with zero attached hydrogens (tertiary/aromatic N) is 1. The van der Waals surface area contributed by atoms with Crippen molar-refractivity contribution in [3.05, 3.63) is 70.8 Å². The van der Waals surface area contributed by atoms with Crippen molar-refractivity contribution >= 4 is 6.09 Å². The summed E-state index contributed by atoms with van der Waals surface area (Å²) in [6, 6.07) is 17.2. The van der Waals surface area contributed by atoms with Gasteiger partial charge in [-0.05, 0) is 47.4 Å².